The quantitative estimate of drug-likeness (QED) is 0.750. The molecule has 0 aliphatic rings. The molecule has 0 aromatic carbocycles. The standard InChI is InChI=1S/C10H12N6S/c1-4-7-5(2)8(13-12-7)9-15-16-6(3)11-14-10(16)17-9/h4H2,1-3H3,(H,12,13). The molecule has 0 unspecified atom stereocenters. The predicted molar refractivity (Wildman–Crippen MR) is 65.1 cm³/mol. The van der Waals surface area contributed by atoms with Gasteiger partial charge in [0.15, 0.2) is 10.8 Å². The second-order valence-corrected chi connectivity index (χ2v) is 4.83. The van der Waals surface area contributed by atoms with Crippen LogP contribution in [-0.4, -0.2) is 30.0 Å². The second kappa shape index (κ2) is 3.63. The fraction of sp³-hybridized carbons (Fsp3) is 0.400. The number of fused-ring (bicyclic) bond motifs is 1. The first-order valence-corrected chi connectivity index (χ1v) is 6.25. The molecule has 0 radical (unpaired) electrons. The van der Waals surface area contributed by atoms with Gasteiger partial charge in [-0.2, -0.15) is 14.7 Å². The third-order valence-electron chi connectivity index (χ3n) is 2.81. The first kappa shape index (κ1) is 10.4. The average Bonchev–Trinajstić information content (AvgIpc) is 2.95. The molecule has 3 aromatic heterocycles. The Hall–Kier alpha value is -1.76. The molecule has 0 bridgehead atoms. The fourth-order valence-electron chi connectivity index (χ4n) is 1.80. The van der Waals surface area contributed by atoms with Crippen LogP contribution >= 0.6 is 11.3 Å². The molecule has 6 nitrogen and oxygen atoms in total. The van der Waals surface area contributed by atoms with Gasteiger partial charge in [-0.25, -0.2) is 0 Å². The van der Waals surface area contributed by atoms with Gasteiger partial charge in [-0.3, -0.25) is 5.10 Å². The molecule has 3 aromatic rings. The van der Waals surface area contributed by atoms with Crippen molar-refractivity contribution >= 4 is 16.3 Å². The van der Waals surface area contributed by atoms with Gasteiger partial charge >= 0.3 is 0 Å². The van der Waals surface area contributed by atoms with E-state index in [1.807, 2.05) is 6.92 Å². The van der Waals surface area contributed by atoms with Crippen molar-refractivity contribution < 1.29 is 0 Å². The van der Waals surface area contributed by atoms with E-state index in [9.17, 15) is 0 Å². The maximum absolute atomic E-state index is 4.48. The Morgan fingerprint density at radius 1 is 1.29 bits per heavy atom. The molecule has 0 aliphatic carbocycles. The molecule has 0 fully saturated rings. The molecular weight excluding hydrogens is 236 g/mol. The molecule has 0 saturated heterocycles. The zero-order valence-electron chi connectivity index (χ0n) is 9.85. The highest BCUT2D eigenvalue weighted by atomic mass is 32.1. The molecule has 0 aliphatic heterocycles. The Morgan fingerprint density at radius 2 is 2.12 bits per heavy atom. The molecule has 7 heteroatoms. The third-order valence-corrected chi connectivity index (χ3v) is 3.72. The van der Waals surface area contributed by atoms with Gasteiger partial charge in [0.25, 0.3) is 0 Å². The van der Waals surface area contributed by atoms with E-state index in [1.54, 1.807) is 4.52 Å². The lowest BCUT2D eigenvalue weighted by molar-refractivity contribution is 0.894. The van der Waals surface area contributed by atoms with Gasteiger partial charge in [-0.1, -0.05) is 18.3 Å². The number of nitrogens with zero attached hydrogens (tertiary/aromatic N) is 5. The maximum Gasteiger partial charge on any atom is 0.235 e. The smallest absolute Gasteiger partial charge is 0.235 e. The van der Waals surface area contributed by atoms with Gasteiger partial charge < -0.3 is 0 Å². The van der Waals surface area contributed by atoms with E-state index < -0.39 is 0 Å². The second-order valence-electron chi connectivity index (χ2n) is 3.88. The monoisotopic (exact) mass is 248 g/mol. The lowest BCUT2D eigenvalue weighted by atomic mass is 10.2. The molecular formula is C10H12N6S. The zero-order chi connectivity index (χ0) is 12.0. The van der Waals surface area contributed by atoms with Crippen LogP contribution in [0.25, 0.3) is 15.7 Å². The Balaban J connectivity index is 2.16. The van der Waals surface area contributed by atoms with E-state index in [-0.39, 0.29) is 0 Å². The minimum absolute atomic E-state index is 0.798. The lowest BCUT2D eigenvalue weighted by Crippen LogP contribution is -1.89. The van der Waals surface area contributed by atoms with Crippen molar-refractivity contribution in [2.24, 2.45) is 0 Å². The molecule has 1 N–H and O–H groups in total. The van der Waals surface area contributed by atoms with E-state index in [2.05, 4.69) is 39.3 Å². The van der Waals surface area contributed by atoms with Gasteiger partial charge in [0, 0.05) is 11.3 Å². The summed E-state index contributed by atoms with van der Waals surface area (Å²) in [7, 11) is 0. The van der Waals surface area contributed by atoms with Crippen molar-refractivity contribution in [2.45, 2.75) is 27.2 Å². The highest BCUT2D eigenvalue weighted by molar-refractivity contribution is 7.19. The van der Waals surface area contributed by atoms with Crippen molar-refractivity contribution in [3.05, 3.63) is 17.1 Å². The first-order chi connectivity index (χ1) is 8.20. The average molecular weight is 248 g/mol. The summed E-state index contributed by atoms with van der Waals surface area (Å²) in [5, 5.41) is 20.7. The Bertz CT molecular complexity index is 676. The predicted octanol–water partition coefficient (Wildman–Crippen LogP) is 1.76. The highest BCUT2D eigenvalue weighted by Gasteiger charge is 2.16. The summed E-state index contributed by atoms with van der Waals surface area (Å²) >= 11 is 1.50. The number of aromatic amines is 1. The van der Waals surface area contributed by atoms with Crippen LogP contribution in [0.4, 0.5) is 0 Å². The maximum atomic E-state index is 4.48. The van der Waals surface area contributed by atoms with Crippen LogP contribution in [0.3, 0.4) is 0 Å². The molecule has 88 valence electrons. The Morgan fingerprint density at radius 3 is 2.76 bits per heavy atom. The molecule has 3 heterocycles. The third kappa shape index (κ3) is 1.46. The normalized spacial score (nSPS) is 11.5. The van der Waals surface area contributed by atoms with Crippen LogP contribution < -0.4 is 0 Å². The van der Waals surface area contributed by atoms with E-state index >= 15 is 0 Å². The summed E-state index contributed by atoms with van der Waals surface area (Å²) < 4.78 is 1.75. The summed E-state index contributed by atoms with van der Waals surface area (Å²) in [4.78, 5) is 0.804. The van der Waals surface area contributed by atoms with Crippen molar-refractivity contribution in [3.63, 3.8) is 0 Å². The summed E-state index contributed by atoms with van der Waals surface area (Å²) in [5.74, 6) is 0.798. The number of nitrogens with one attached hydrogen (secondary N) is 1. The molecule has 0 atom stereocenters. The van der Waals surface area contributed by atoms with Crippen LogP contribution in [-0.2, 0) is 6.42 Å². The molecule has 3 rings (SSSR count). The summed E-state index contributed by atoms with van der Waals surface area (Å²) in [6.45, 7) is 6.05. The van der Waals surface area contributed by atoms with Gasteiger partial charge in [-0.05, 0) is 20.3 Å². The van der Waals surface area contributed by atoms with Crippen LogP contribution in [0.15, 0.2) is 0 Å². The molecule has 17 heavy (non-hydrogen) atoms. The minimum atomic E-state index is 0.798. The van der Waals surface area contributed by atoms with Gasteiger partial charge in [-0.15, -0.1) is 10.2 Å². The first-order valence-electron chi connectivity index (χ1n) is 5.43. The van der Waals surface area contributed by atoms with Crippen molar-refractivity contribution in [1.82, 2.24) is 30.0 Å². The fourth-order valence-corrected chi connectivity index (χ4v) is 2.73. The van der Waals surface area contributed by atoms with Crippen LogP contribution in [0.5, 0.6) is 0 Å². The number of aromatic nitrogens is 6. The van der Waals surface area contributed by atoms with E-state index in [4.69, 9.17) is 0 Å². The highest BCUT2D eigenvalue weighted by Crippen LogP contribution is 2.27. The summed E-state index contributed by atoms with van der Waals surface area (Å²) in [6.07, 6.45) is 0.946. The SMILES string of the molecule is CCc1[nH]nc(-c2nn3c(C)nnc3s2)c1C. The molecule has 0 saturated carbocycles. The van der Waals surface area contributed by atoms with E-state index in [0.717, 1.165) is 39.2 Å². The minimum Gasteiger partial charge on any atom is -0.282 e. The van der Waals surface area contributed by atoms with E-state index in [1.165, 1.54) is 11.3 Å². The Kier molecular flexibility index (Phi) is 2.22. The number of hydrogen-bond acceptors (Lipinski definition) is 5. The van der Waals surface area contributed by atoms with E-state index in [0.29, 0.717) is 0 Å². The van der Waals surface area contributed by atoms with Crippen molar-refractivity contribution in [2.75, 3.05) is 0 Å². The zero-order valence-corrected chi connectivity index (χ0v) is 10.7. The van der Waals surface area contributed by atoms with Crippen LogP contribution in [0.1, 0.15) is 24.0 Å². The topological polar surface area (TPSA) is 71.8 Å². The number of hydrogen-bond donors (Lipinski definition) is 1. The summed E-state index contributed by atoms with van der Waals surface area (Å²) in [6, 6.07) is 0. The lowest BCUT2D eigenvalue weighted by Gasteiger charge is -1.93. The van der Waals surface area contributed by atoms with Crippen LogP contribution in [0.2, 0.25) is 0 Å². The Labute approximate surface area is 102 Å². The number of H-pyrrole nitrogens is 1. The van der Waals surface area contributed by atoms with Gasteiger partial charge in [0.2, 0.25) is 4.96 Å². The largest absolute Gasteiger partial charge is 0.282 e. The van der Waals surface area contributed by atoms with Gasteiger partial charge in [0.1, 0.15) is 5.69 Å². The number of rotatable bonds is 2. The summed E-state index contributed by atoms with van der Waals surface area (Å²) in [5.41, 5.74) is 3.23. The van der Waals surface area contributed by atoms with Crippen LogP contribution in [0, 0.1) is 13.8 Å². The molecule has 0 spiro atoms. The van der Waals surface area contributed by atoms with Crippen molar-refractivity contribution in [1.29, 1.82) is 0 Å². The van der Waals surface area contributed by atoms with Crippen molar-refractivity contribution in [3.8, 4) is 10.7 Å². The molecule has 0 amide bonds. The van der Waals surface area contributed by atoms with Gasteiger partial charge in [0.05, 0.1) is 0 Å². The number of aryl methyl sites for hydroxylation is 2.